The van der Waals surface area contributed by atoms with Gasteiger partial charge in [0.2, 0.25) is 5.95 Å². The van der Waals surface area contributed by atoms with Crippen molar-refractivity contribution < 1.29 is 14.6 Å². The molecule has 1 fully saturated rings. The van der Waals surface area contributed by atoms with E-state index in [0.717, 1.165) is 65.4 Å². The van der Waals surface area contributed by atoms with Crippen molar-refractivity contribution in [3.63, 3.8) is 0 Å². The van der Waals surface area contributed by atoms with Gasteiger partial charge in [0, 0.05) is 43.0 Å². The van der Waals surface area contributed by atoms with Crippen molar-refractivity contribution in [2.75, 3.05) is 43.7 Å². The molecule has 2 N–H and O–H groups in total. The van der Waals surface area contributed by atoms with Crippen LogP contribution in [0.1, 0.15) is 12.5 Å². The number of anilines is 2. The molecule has 0 aliphatic carbocycles. The van der Waals surface area contributed by atoms with Crippen LogP contribution in [0.25, 0.3) is 22.5 Å². The number of aromatic nitrogens is 3. The Morgan fingerprint density at radius 2 is 1.65 bits per heavy atom. The molecule has 4 aromatic rings. The average molecular weight is 520 g/mol. The fourth-order valence-corrected chi connectivity index (χ4v) is 4.98. The first-order valence-electron chi connectivity index (χ1n) is 12.2. The molecule has 0 spiro atoms. The van der Waals surface area contributed by atoms with Crippen LogP contribution in [0.3, 0.4) is 0 Å². The van der Waals surface area contributed by atoms with Crippen molar-refractivity contribution in [2.24, 2.45) is 0 Å². The van der Waals surface area contributed by atoms with E-state index in [-0.39, 0.29) is 12.6 Å². The van der Waals surface area contributed by atoms with E-state index in [9.17, 15) is 5.11 Å². The van der Waals surface area contributed by atoms with Crippen LogP contribution in [0.5, 0.6) is 11.5 Å². The lowest BCUT2D eigenvalue weighted by atomic mass is 10.0. The minimum Gasteiger partial charge on any atom is -0.497 e. The number of pyridine rings is 1. The number of halogens is 1. The standard InChI is InChI=1S/C28H30ClN5O3/c1-18-16-33(27-24(29)14-19(17-35)15-30-27)12-13-34(18)28-31-25(20-4-8-22(36-2)9-5-20)26(32-28)21-6-10-23(37-3)11-7-21/h4-11,14-15,18,35H,12-13,16-17H2,1-3H3,(H,31,32)/t18-/m1/s1. The molecule has 0 amide bonds. The largest absolute Gasteiger partial charge is 0.497 e. The van der Waals surface area contributed by atoms with Crippen LogP contribution >= 0.6 is 11.6 Å². The van der Waals surface area contributed by atoms with Crippen molar-refractivity contribution in [1.29, 1.82) is 0 Å². The molecule has 2 aromatic heterocycles. The van der Waals surface area contributed by atoms with E-state index < -0.39 is 0 Å². The Morgan fingerprint density at radius 3 is 2.22 bits per heavy atom. The lowest BCUT2D eigenvalue weighted by Gasteiger charge is -2.40. The Labute approximate surface area is 221 Å². The van der Waals surface area contributed by atoms with Crippen LogP contribution < -0.4 is 19.3 Å². The van der Waals surface area contributed by atoms with E-state index in [1.807, 2.05) is 48.5 Å². The number of nitrogens with one attached hydrogen (secondary N) is 1. The molecular formula is C28H30ClN5O3. The molecule has 0 bridgehead atoms. The molecule has 0 saturated carbocycles. The van der Waals surface area contributed by atoms with Gasteiger partial charge < -0.3 is 29.4 Å². The van der Waals surface area contributed by atoms with E-state index in [1.165, 1.54) is 0 Å². The van der Waals surface area contributed by atoms with Gasteiger partial charge in [-0.15, -0.1) is 0 Å². The van der Waals surface area contributed by atoms with Gasteiger partial charge in [-0.05, 0) is 67.1 Å². The zero-order valence-electron chi connectivity index (χ0n) is 21.1. The summed E-state index contributed by atoms with van der Waals surface area (Å²) in [5.41, 5.74) is 4.55. The van der Waals surface area contributed by atoms with Crippen LogP contribution in [0.15, 0.2) is 60.8 Å². The number of aliphatic hydroxyl groups excluding tert-OH is 1. The fourth-order valence-electron chi connectivity index (χ4n) is 4.68. The van der Waals surface area contributed by atoms with Gasteiger partial charge >= 0.3 is 0 Å². The summed E-state index contributed by atoms with van der Waals surface area (Å²) in [6.45, 7) is 4.32. The zero-order valence-corrected chi connectivity index (χ0v) is 21.9. The summed E-state index contributed by atoms with van der Waals surface area (Å²) < 4.78 is 10.7. The zero-order chi connectivity index (χ0) is 25.9. The molecular weight excluding hydrogens is 490 g/mol. The van der Waals surface area contributed by atoms with Gasteiger partial charge in [0.05, 0.1) is 37.2 Å². The van der Waals surface area contributed by atoms with Gasteiger partial charge in [0.25, 0.3) is 0 Å². The lowest BCUT2D eigenvalue weighted by molar-refractivity contribution is 0.281. The summed E-state index contributed by atoms with van der Waals surface area (Å²) in [6, 6.07) is 17.8. The fraction of sp³-hybridized carbons (Fsp3) is 0.286. The van der Waals surface area contributed by atoms with Crippen molar-refractivity contribution in [2.45, 2.75) is 19.6 Å². The Balaban J connectivity index is 1.45. The summed E-state index contributed by atoms with van der Waals surface area (Å²) in [7, 11) is 3.33. The minimum absolute atomic E-state index is 0.0806. The average Bonchev–Trinajstić information content (AvgIpc) is 3.38. The Kier molecular flexibility index (Phi) is 7.21. The molecule has 8 nitrogen and oxygen atoms in total. The van der Waals surface area contributed by atoms with Gasteiger partial charge in [-0.3, -0.25) is 0 Å². The van der Waals surface area contributed by atoms with Crippen molar-refractivity contribution in [3.05, 3.63) is 71.4 Å². The normalized spacial score (nSPS) is 15.6. The maximum absolute atomic E-state index is 9.37. The number of imidazole rings is 1. The topological polar surface area (TPSA) is 86.7 Å². The number of hydrogen-bond acceptors (Lipinski definition) is 7. The highest BCUT2D eigenvalue weighted by molar-refractivity contribution is 6.33. The maximum Gasteiger partial charge on any atom is 0.204 e. The molecule has 0 radical (unpaired) electrons. The minimum atomic E-state index is -0.0806. The lowest BCUT2D eigenvalue weighted by Crippen LogP contribution is -2.52. The van der Waals surface area contributed by atoms with Crippen molar-refractivity contribution >= 4 is 23.4 Å². The SMILES string of the molecule is COc1ccc(-c2nc(N3CCN(c4ncc(CO)cc4Cl)C[C@H]3C)[nH]c2-c2ccc(OC)cc2)cc1. The first kappa shape index (κ1) is 24.9. The third kappa shape index (κ3) is 5.08. The third-order valence-electron chi connectivity index (χ3n) is 6.69. The highest BCUT2D eigenvalue weighted by Crippen LogP contribution is 2.35. The first-order valence-corrected chi connectivity index (χ1v) is 12.5. The number of rotatable bonds is 7. The number of nitrogens with zero attached hydrogens (tertiary/aromatic N) is 4. The van der Waals surface area contributed by atoms with Crippen molar-refractivity contribution in [3.8, 4) is 34.0 Å². The van der Waals surface area contributed by atoms with E-state index in [4.69, 9.17) is 26.1 Å². The summed E-state index contributed by atoms with van der Waals surface area (Å²) >= 11 is 6.48. The van der Waals surface area contributed by atoms with Crippen LogP contribution in [0.2, 0.25) is 5.02 Å². The Morgan fingerprint density at radius 1 is 1.00 bits per heavy atom. The smallest absolute Gasteiger partial charge is 0.204 e. The predicted octanol–water partition coefficient (Wildman–Crippen LogP) is 5.02. The molecule has 3 heterocycles. The maximum atomic E-state index is 9.37. The molecule has 192 valence electrons. The van der Waals surface area contributed by atoms with Crippen LogP contribution in [-0.2, 0) is 6.61 Å². The van der Waals surface area contributed by atoms with Crippen LogP contribution in [0.4, 0.5) is 11.8 Å². The second kappa shape index (κ2) is 10.7. The Hall–Kier alpha value is -3.75. The number of aliphatic hydroxyl groups is 1. The van der Waals surface area contributed by atoms with E-state index in [1.54, 1.807) is 26.5 Å². The number of hydrogen-bond donors (Lipinski definition) is 2. The predicted molar refractivity (Wildman–Crippen MR) is 147 cm³/mol. The molecule has 0 unspecified atom stereocenters. The van der Waals surface area contributed by atoms with Crippen LogP contribution in [-0.4, -0.2) is 60.0 Å². The molecule has 9 heteroatoms. The molecule has 1 aliphatic rings. The number of methoxy groups -OCH3 is 2. The molecule has 1 aliphatic heterocycles. The van der Waals surface area contributed by atoms with Gasteiger partial charge in [-0.1, -0.05) is 11.6 Å². The monoisotopic (exact) mass is 519 g/mol. The van der Waals surface area contributed by atoms with E-state index in [2.05, 4.69) is 26.7 Å². The number of piperazine rings is 1. The quantitative estimate of drug-likeness (QED) is 0.354. The second-order valence-electron chi connectivity index (χ2n) is 9.04. The van der Waals surface area contributed by atoms with Crippen LogP contribution in [0, 0.1) is 0 Å². The highest BCUT2D eigenvalue weighted by atomic mass is 35.5. The summed E-state index contributed by atoms with van der Waals surface area (Å²) in [6.07, 6.45) is 1.67. The number of ether oxygens (including phenoxy) is 2. The van der Waals surface area contributed by atoms with Gasteiger partial charge in [-0.25, -0.2) is 9.97 Å². The number of aromatic amines is 1. The molecule has 5 rings (SSSR count). The molecule has 37 heavy (non-hydrogen) atoms. The first-order chi connectivity index (χ1) is 18.0. The Bertz CT molecular complexity index is 1290. The molecule has 1 atom stereocenters. The third-order valence-corrected chi connectivity index (χ3v) is 6.97. The summed E-state index contributed by atoms with van der Waals surface area (Å²) in [5.74, 6) is 3.16. The van der Waals surface area contributed by atoms with Gasteiger partial charge in [0.1, 0.15) is 17.3 Å². The number of benzene rings is 2. The van der Waals surface area contributed by atoms with E-state index >= 15 is 0 Å². The van der Waals surface area contributed by atoms with E-state index in [0.29, 0.717) is 10.6 Å². The number of H-pyrrole nitrogens is 1. The summed E-state index contributed by atoms with van der Waals surface area (Å²) in [4.78, 5) is 17.6. The highest BCUT2D eigenvalue weighted by Gasteiger charge is 2.29. The van der Waals surface area contributed by atoms with Crippen molar-refractivity contribution in [1.82, 2.24) is 15.0 Å². The molecule has 2 aromatic carbocycles. The second-order valence-corrected chi connectivity index (χ2v) is 9.44. The van der Waals surface area contributed by atoms with Gasteiger partial charge in [-0.2, -0.15) is 0 Å². The van der Waals surface area contributed by atoms with Gasteiger partial charge in [0.15, 0.2) is 0 Å². The molecule has 1 saturated heterocycles. The summed E-state index contributed by atoms with van der Waals surface area (Å²) in [5, 5.41) is 9.92.